The van der Waals surface area contributed by atoms with Crippen LogP contribution in [0.15, 0.2) is 107 Å². The minimum absolute atomic E-state index is 0.00904. The molecule has 2 heterocycles. The van der Waals surface area contributed by atoms with Crippen LogP contribution >= 0.6 is 23.1 Å². The Morgan fingerprint density at radius 3 is 2.30 bits per heavy atom. The Morgan fingerprint density at radius 2 is 1.62 bits per heavy atom. The molecule has 1 aliphatic heterocycles. The molecule has 6 rings (SSSR count). The number of ether oxygens (including phenoxy) is 1. The normalized spacial score (nSPS) is 15.7. The van der Waals surface area contributed by atoms with E-state index in [1.165, 1.54) is 33.6 Å². The van der Waals surface area contributed by atoms with Gasteiger partial charge in [0.05, 0.1) is 11.6 Å². The van der Waals surface area contributed by atoms with Crippen molar-refractivity contribution in [2.45, 2.75) is 36.6 Å². The number of benzene rings is 4. The van der Waals surface area contributed by atoms with Gasteiger partial charge in [-0.3, -0.25) is 14.5 Å². The van der Waals surface area contributed by atoms with E-state index < -0.39 is 17.7 Å². The molecule has 4 aromatic carbocycles. The first-order valence-electron chi connectivity index (χ1n) is 15.1. The number of ketones is 1. The molecule has 0 saturated carbocycles. The van der Waals surface area contributed by atoms with Gasteiger partial charge < -0.3 is 14.7 Å². The van der Waals surface area contributed by atoms with Crippen LogP contribution in [0.4, 0.5) is 10.8 Å². The van der Waals surface area contributed by atoms with Gasteiger partial charge in [0.2, 0.25) is 5.13 Å². The molecule has 1 amide bonds. The summed E-state index contributed by atoms with van der Waals surface area (Å²) in [6, 6.07) is 29.8. The van der Waals surface area contributed by atoms with Crippen LogP contribution in [-0.2, 0) is 21.9 Å². The SMILES string of the molecule is Cc1ccc(CSc2nnc(N3C(=O)C(=O)/C(=C(/O)c4ccc(OCc5ccccc5C)cc4)C3c3ccc(N(C)C)cc3)s2)cc1. The lowest BCUT2D eigenvalue weighted by Gasteiger charge is -2.23. The number of hydrogen-bond donors (Lipinski definition) is 1. The van der Waals surface area contributed by atoms with Crippen molar-refractivity contribution in [2.75, 3.05) is 23.9 Å². The highest BCUT2D eigenvalue weighted by Crippen LogP contribution is 2.44. The third-order valence-corrected chi connectivity index (χ3v) is 10.2. The Kier molecular flexibility index (Phi) is 9.42. The summed E-state index contributed by atoms with van der Waals surface area (Å²) in [5, 5.41) is 20.6. The number of amides is 1. The van der Waals surface area contributed by atoms with Gasteiger partial charge in [-0.05, 0) is 72.5 Å². The van der Waals surface area contributed by atoms with Crippen molar-refractivity contribution in [3.63, 3.8) is 0 Å². The van der Waals surface area contributed by atoms with E-state index in [1.54, 1.807) is 24.3 Å². The first kappa shape index (κ1) is 32.0. The zero-order valence-corrected chi connectivity index (χ0v) is 28.1. The van der Waals surface area contributed by atoms with Gasteiger partial charge in [-0.1, -0.05) is 89.3 Å². The van der Waals surface area contributed by atoms with Gasteiger partial charge in [0.25, 0.3) is 5.78 Å². The van der Waals surface area contributed by atoms with Crippen LogP contribution < -0.4 is 14.5 Å². The second kappa shape index (κ2) is 13.8. The van der Waals surface area contributed by atoms with Gasteiger partial charge in [0.1, 0.15) is 18.1 Å². The summed E-state index contributed by atoms with van der Waals surface area (Å²) in [6.45, 7) is 4.48. The predicted molar refractivity (Wildman–Crippen MR) is 188 cm³/mol. The Balaban J connectivity index is 1.31. The number of rotatable bonds is 10. The van der Waals surface area contributed by atoms with E-state index in [-0.39, 0.29) is 11.3 Å². The largest absolute Gasteiger partial charge is 0.507 e. The summed E-state index contributed by atoms with van der Waals surface area (Å²) < 4.78 is 6.65. The van der Waals surface area contributed by atoms with E-state index in [2.05, 4.69) is 34.5 Å². The van der Waals surface area contributed by atoms with Crippen molar-refractivity contribution in [1.82, 2.24) is 10.2 Å². The lowest BCUT2D eigenvalue weighted by Crippen LogP contribution is -2.29. The van der Waals surface area contributed by atoms with E-state index in [4.69, 9.17) is 4.74 Å². The number of Topliss-reactive ketones (excluding diaryl/α,β-unsaturated/α-hetero) is 1. The van der Waals surface area contributed by atoms with Crippen LogP contribution in [0, 0.1) is 13.8 Å². The molecule has 1 unspecified atom stereocenters. The summed E-state index contributed by atoms with van der Waals surface area (Å²) in [7, 11) is 3.87. The van der Waals surface area contributed by atoms with Crippen LogP contribution in [0.1, 0.15) is 39.4 Å². The fourth-order valence-electron chi connectivity index (χ4n) is 5.29. The van der Waals surface area contributed by atoms with Gasteiger partial charge >= 0.3 is 5.91 Å². The molecule has 0 aliphatic carbocycles. The number of hydrogen-bond acceptors (Lipinski definition) is 9. The Morgan fingerprint density at radius 1 is 0.915 bits per heavy atom. The second-order valence-electron chi connectivity index (χ2n) is 11.5. The van der Waals surface area contributed by atoms with Crippen LogP contribution in [0.25, 0.3) is 5.76 Å². The molecule has 0 spiro atoms. The zero-order valence-electron chi connectivity index (χ0n) is 26.5. The Labute approximate surface area is 282 Å². The van der Waals surface area contributed by atoms with Crippen molar-refractivity contribution in [2.24, 2.45) is 0 Å². The number of aryl methyl sites for hydroxylation is 2. The number of aliphatic hydroxyl groups is 1. The molecule has 47 heavy (non-hydrogen) atoms. The number of anilines is 2. The lowest BCUT2D eigenvalue weighted by molar-refractivity contribution is -0.132. The summed E-state index contributed by atoms with van der Waals surface area (Å²) in [5.74, 6) is -0.513. The van der Waals surface area contributed by atoms with E-state index >= 15 is 0 Å². The molecule has 8 nitrogen and oxygen atoms in total. The van der Waals surface area contributed by atoms with Gasteiger partial charge in [-0.2, -0.15) is 0 Å². The average molecular weight is 663 g/mol. The fraction of sp³-hybridized carbons (Fsp3) is 0.189. The minimum atomic E-state index is -0.897. The standard InChI is InChI=1S/C37H34N4O4S2/c1-23-9-11-25(12-10-23)22-46-37-39-38-36(47-37)41-32(26-13-17-29(18-14-26)40(3)4)31(34(43)35(41)44)33(42)27-15-19-30(20-16-27)45-21-28-8-6-5-7-24(28)2/h5-20,32,42H,21-22H2,1-4H3/b33-31+. The highest BCUT2D eigenvalue weighted by molar-refractivity contribution is 8.00. The molecule has 1 fully saturated rings. The molecule has 0 bridgehead atoms. The van der Waals surface area contributed by atoms with Crippen LogP contribution in [0.5, 0.6) is 5.75 Å². The van der Waals surface area contributed by atoms with Crippen molar-refractivity contribution < 1.29 is 19.4 Å². The number of carbonyl (C=O) groups is 2. The molecule has 1 atom stereocenters. The summed E-state index contributed by atoms with van der Waals surface area (Å²) in [6.07, 6.45) is 0. The predicted octanol–water partition coefficient (Wildman–Crippen LogP) is 7.72. The molecule has 10 heteroatoms. The molecule has 5 aromatic rings. The monoisotopic (exact) mass is 662 g/mol. The maximum absolute atomic E-state index is 13.7. The van der Waals surface area contributed by atoms with Crippen LogP contribution in [0.2, 0.25) is 0 Å². The first-order chi connectivity index (χ1) is 22.7. The van der Waals surface area contributed by atoms with Crippen molar-refractivity contribution in [3.05, 3.63) is 136 Å². The van der Waals surface area contributed by atoms with Crippen LogP contribution in [0.3, 0.4) is 0 Å². The number of aromatic nitrogens is 2. The molecule has 1 N–H and O–H groups in total. The smallest absolute Gasteiger partial charge is 0.301 e. The lowest BCUT2D eigenvalue weighted by atomic mass is 9.95. The molecule has 1 saturated heterocycles. The highest BCUT2D eigenvalue weighted by atomic mass is 32.2. The molecule has 1 aromatic heterocycles. The van der Waals surface area contributed by atoms with Crippen molar-refractivity contribution >= 4 is 51.4 Å². The number of aliphatic hydroxyl groups excluding tert-OH is 1. The molecule has 238 valence electrons. The summed E-state index contributed by atoms with van der Waals surface area (Å²) in [4.78, 5) is 30.7. The van der Waals surface area contributed by atoms with Gasteiger partial charge in [0, 0.05) is 31.1 Å². The van der Waals surface area contributed by atoms with E-state index in [1.807, 2.05) is 81.4 Å². The highest BCUT2D eigenvalue weighted by Gasteiger charge is 2.48. The van der Waals surface area contributed by atoms with E-state index in [0.717, 1.165) is 22.4 Å². The van der Waals surface area contributed by atoms with Gasteiger partial charge in [-0.25, -0.2) is 0 Å². The third-order valence-electron chi connectivity index (χ3n) is 8.04. The topological polar surface area (TPSA) is 95.9 Å². The van der Waals surface area contributed by atoms with Crippen molar-refractivity contribution in [1.29, 1.82) is 0 Å². The van der Waals surface area contributed by atoms with Crippen LogP contribution in [-0.4, -0.2) is 41.1 Å². The maximum Gasteiger partial charge on any atom is 0.301 e. The molecular formula is C37H34N4O4S2. The molecule has 0 radical (unpaired) electrons. The third kappa shape index (κ3) is 6.94. The Hall–Kier alpha value is -4.93. The van der Waals surface area contributed by atoms with E-state index in [9.17, 15) is 14.7 Å². The van der Waals surface area contributed by atoms with Gasteiger partial charge in [0.15, 0.2) is 4.34 Å². The fourth-order valence-corrected chi connectivity index (χ4v) is 7.11. The van der Waals surface area contributed by atoms with E-state index in [0.29, 0.717) is 38.7 Å². The number of nitrogens with zero attached hydrogens (tertiary/aromatic N) is 4. The quantitative estimate of drug-likeness (QED) is 0.0534. The molecule has 1 aliphatic rings. The van der Waals surface area contributed by atoms with Gasteiger partial charge in [-0.15, -0.1) is 10.2 Å². The second-order valence-corrected chi connectivity index (χ2v) is 13.7. The minimum Gasteiger partial charge on any atom is -0.507 e. The average Bonchev–Trinajstić information content (AvgIpc) is 3.65. The summed E-state index contributed by atoms with van der Waals surface area (Å²) in [5.41, 5.74) is 6.55. The zero-order chi connectivity index (χ0) is 33.1. The molecular weight excluding hydrogens is 629 g/mol. The summed E-state index contributed by atoms with van der Waals surface area (Å²) >= 11 is 2.76. The Bertz CT molecular complexity index is 1930. The first-order valence-corrected chi connectivity index (χ1v) is 16.9. The number of carbonyl (C=O) groups excluding carboxylic acids is 2. The maximum atomic E-state index is 13.7. The number of thioether (sulfide) groups is 1. The van der Waals surface area contributed by atoms with Crippen molar-refractivity contribution in [3.8, 4) is 5.75 Å².